The van der Waals surface area contributed by atoms with E-state index in [0.717, 1.165) is 61.9 Å². The number of tetrazole rings is 1. The number of pyridine rings is 1. The number of thiazole rings is 1. The Balaban J connectivity index is 1.39. The second-order valence-corrected chi connectivity index (χ2v) is 10.4. The van der Waals surface area contributed by atoms with Crippen molar-refractivity contribution in [1.82, 2.24) is 40.1 Å². The van der Waals surface area contributed by atoms with Crippen molar-refractivity contribution in [1.29, 1.82) is 0 Å². The van der Waals surface area contributed by atoms with Gasteiger partial charge in [0.25, 0.3) is 0 Å². The fraction of sp³-hybridized carbons (Fsp3) is 0.214. The number of hydrogen-bond donors (Lipinski definition) is 1. The molecule has 9 heteroatoms. The fourth-order valence-corrected chi connectivity index (χ4v) is 5.49. The summed E-state index contributed by atoms with van der Waals surface area (Å²) in [6.45, 7) is 9.06. The maximum Gasteiger partial charge on any atom is 0.205 e. The number of imidazole rings is 1. The lowest BCUT2D eigenvalue weighted by molar-refractivity contribution is 0.745. The molecule has 1 N–H and O–H groups in total. The zero-order valence-electron chi connectivity index (χ0n) is 21.1. The second kappa shape index (κ2) is 9.33. The lowest BCUT2D eigenvalue weighted by Gasteiger charge is -2.12. The molecule has 0 aliphatic carbocycles. The summed E-state index contributed by atoms with van der Waals surface area (Å²) < 4.78 is 2.24. The van der Waals surface area contributed by atoms with Gasteiger partial charge in [0.15, 0.2) is 5.65 Å². The Bertz CT molecular complexity index is 1710. The molecule has 0 atom stereocenters. The average Bonchev–Trinajstić information content (AvgIpc) is 3.65. The van der Waals surface area contributed by atoms with Gasteiger partial charge in [0.05, 0.1) is 6.54 Å². The third-order valence-corrected chi connectivity index (χ3v) is 7.46. The molecule has 4 heterocycles. The SMILES string of the molecule is CCc1nc2c(C)cc(C)nc2n1Cc1ccc(-c2cc(-c3ncc(C)s3)ccc2-c2nn[nH]n2)cc1. The van der Waals surface area contributed by atoms with Crippen LogP contribution in [0.4, 0.5) is 0 Å². The van der Waals surface area contributed by atoms with Crippen molar-refractivity contribution in [2.45, 2.75) is 40.7 Å². The summed E-state index contributed by atoms with van der Waals surface area (Å²) >= 11 is 1.68. The average molecular weight is 507 g/mol. The first-order chi connectivity index (χ1) is 18.0. The molecule has 0 fully saturated rings. The van der Waals surface area contributed by atoms with Crippen molar-refractivity contribution in [2.75, 3.05) is 0 Å². The maximum atomic E-state index is 4.89. The molecule has 0 amide bonds. The van der Waals surface area contributed by atoms with Crippen molar-refractivity contribution in [3.05, 3.63) is 82.3 Å². The van der Waals surface area contributed by atoms with Gasteiger partial charge in [0.2, 0.25) is 5.82 Å². The molecule has 0 aliphatic heterocycles. The molecule has 2 aromatic carbocycles. The molecule has 6 rings (SSSR count). The van der Waals surface area contributed by atoms with E-state index in [1.165, 1.54) is 10.4 Å². The molecular weight excluding hydrogens is 480 g/mol. The minimum atomic E-state index is 0.565. The van der Waals surface area contributed by atoms with Crippen LogP contribution in [0.1, 0.15) is 34.4 Å². The van der Waals surface area contributed by atoms with Crippen LogP contribution in [-0.4, -0.2) is 40.1 Å². The Morgan fingerprint density at radius 1 is 0.919 bits per heavy atom. The standard InChI is InChI=1S/C28H26N8S/c1-5-24-31-25-16(2)12-17(3)30-27(25)36(24)15-19-6-8-20(9-7-19)23-13-21(28-29-14-18(4)37-28)10-11-22(23)26-32-34-35-33-26/h6-14H,5,15H2,1-4H3,(H,32,33,34,35). The monoisotopic (exact) mass is 506 g/mol. The predicted molar refractivity (Wildman–Crippen MR) is 146 cm³/mol. The third kappa shape index (κ3) is 4.31. The van der Waals surface area contributed by atoms with E-state index >= 15 is 0 Å². The zero-order valence-corrected chi connectivity index (χ0v) is 22.0. The lowest BCUT2D eigenvalue weighted by Crippen LogP contribution is -2.05. The molecule has 0 saturated carbocycles. The molecule has 37 heavy (non-hydrogen) atoms. The highest BCUT2D eigenvalue weighted by Gasteiger charge is 2.16. The van der Waals surface area contributed by atoms with Gasteiger partial charge in [-0.05, 0) is 66.4 Å². The highest BCUT2D eigenvalue weighted by atomic mass is 32.1. The minimum Gasteiger partial charge on any atom is -0.308 e. The van der Waals surface area contributed by atoms with Gasteiger partial charge < -0.3 is 4.57 Å². The van der Waals surface area contributed by atoms with Gasteiger partial charge in [-0.15, -0.1) is 21.5 Å². The van der Waals surface area contributed by atoms with Gasteiger partial charge in [0, 0.05) is 34.3 Å². The molecule has 8 nitrogen and oxygen atoms in total. The van der Waals surface area contributed by atoms with Gasteiger partial charge in [-0.25, -0.2) is 15.0 Å². The molecule has 0 spiro atoms. The topological polar surface area (TPSA) is 98.1 Å². The smallest absolute Gasteiger partial charge is 0.205 e. The quantitative estimate of drug-likeness (QED) is 0.300. The highest BCUT2D eigenvalue weighted by molar-refractivity contribution is 7.14. The van der Waals surface area contributed by atoms with Crippen LogP contribution in [-0.2, 0) is 13.0 Å². The van der Waals surface area contributed by atoms with Gasteiger partial charge in [-0.1, -0.05) is 37.3 Å². The van der Waals surface area contributed by atoms with E-state index in [9.17, 15) is 0 Å². The van der Waals surface area contributed by atoms with E-state index in [2.05, 4.69) is 93.4 Å². The Morgan fingerprint density at radius 2 is 1.73 bits per heavy atom. The summed E-state index contributed by atoms with van der Waals surface area (Å²) in [7, 11) is 0. The van der Waals surface area contributed by atoms with Crippen LogP contribution >= 0.6 is 11.3 Å². The molecule has 0 aliphatic rings. The number of H-pyrrole nitrogens is 1. The number of nitrogens with zero attached hydrogens (tertiary/aromatic N) is 7. The summed E-state index contributed by atoms with van der Waals surface area (Å²) in [6, 6.07) is 17.0. The molecule has 0 unspecified atom stereocenters. The Hall–Kier alpha value is -4.24. The predicted octanol–water partition coefficient (Wildman–Crippen LogP) is 5.94. The largest absolute Gasteiger partial charge is 0.308 e. The van der Waals surface area contributed by atoms with Crippen LogP contribution in [0, 0.1) is 20.8 Å². The van der Waals surface area contributed by atoms with Crippen LogP contribution in [0.2, 0.25) is 0 Å². The first-order valence-electron chi connectivity index (χ1n) is 12.2. The number of hydrogen-bond acceptors (Lipinski definition) is 7. The van der Waals surface area contributed by atoms with E-state index in [4.69, 9.17) is 9.97 Å². The molecule has 0 radical (unpaired) electrons. The van der Waals surface area contributed by atoms with Crippen molar-refractivity contribution in [3.8, 4) is 33.1 Å². The summed E-state index contributed by atoms with van der Waals surface area (Å²) in [5.41, 5.74) is 9.39. The van der Waals surface area contributed by atoms with Gasteiger partial charge >= 0.3 is 0 Å². The molecule has 6 aromatic rings. The molecular formula is C28H26N8S. The van der Waals surface area contributed by atoms with E-state index in [-0.39, 0.29) is 0 Å². The van der Waals surface area contributed by atoms with Crippen molar-refractivity contribution >= 4 is 22.5 Å². The molecule has 4 aromatic heterocycles. The first-order valence-corrected chi connectivity index (χ1v) is 13.0. The van der Waals surface area contributed by atoms with Crippen molar-refractivity contribution in [3.63, 3.8) is 0 Å². The van der Waals surface area contributed by atoms with E-state index in [1.807, 2.05) is 19.2 Å². The Morgan fingerprint density at radius 3 is 2.43 bits per heavy atom. The van der Waals surface area contributed by atoms with Crippen LogP contribution in [0.25, 0.3) is 44.2 Å². The molecule has 184 valence electrons. The third-order valence-electron chi connectivity index (χ3n) is 6.50. The zero-order chi connectivity index (χ0) is 25.5. The maximum absolute atomic E-state index is 4.89. The summed E-state index contributed by atoms with van der Waals surface area (Å²) in [4.78, 5) is 15.5. The van der Waals surface area contributed by atoms with Gasteiger partial charge in [0.1, 0.15) is 16.3 Å². The number of aromatic nitrogens is 8. The fourth-order valence-electron chi connectivity index (χ4n) is 4.73. The minimum absolute atomic E-state index is 0.565. The lowest BCUT2D eigenvalue weighted by atomic mass is 9.96. The van der Waals surface area contributed by atoms with Crippen LogP contribution in [0.3, 0.4) is 0 Å². The number of fused-ring (bicyclic) bond motifs is 1. The van der Waals surface area contributed by atoms with E-state index < -0.39 is 0 Å². The van der Waals surface area contributed by atoms with E-state index in [1.54, 1.807) is 11.3 Å². The van der Waals surface area contributed by atoms with Crippen molar-refractivity contribution < 1.29 is 0 Å². The highest BCUT2D eigenvalue weighted by Crippen LogP contribution is 2.35. The normalized spacial score (nSPS) is 11.5. The van der Waals surface area contributed by atoms with Crippen molar-refractivity contribution in [2.24, 2.45) is 0 Å². The summed E-state index contributed by atoms with van der Waals surface area (Å²) in [5, 5.41) is 15.8. The number of rotatable bonds is 6. The van der Waals surface area contributed by atoms with Gasteiger partial charge in [-0.3, -0.25) is 0 Å². The summed E-state index contributed by atoms with van der Waals surface area (Å²) in [6.07, 6.45) is 2.76. The number of benzene rings is 2. The van der Waals surface area contributed by atoms with Crippen LogP contribution < -0.4 is 0 Å². The Labute approximate surface area is 218 Å². The first kappa shape index (κ1) is 23.2. The van der Waals surface area contributed by atoms with Crippen LogP contribution in [0.15, 0.2) is 54.7 Å². The number of nitrogens with one attached hydrogen (secondary N) is 1. The number of aromatic amines is 1. The van der Waals surface area contributed by atoms with Gasteiger partial charge in [-0.2, -0.15) is 5.21 Å². The molecule has 0 bridgehead atoms. The van der Waals surface area contributed by atoms with E-state index in [0.29, 0.717) is 12.4 Å². The summed E-state index contributed by atoms with van der Waals surface area (Å²) in [5.74, 6) is 1.61. The molecule has 0 saturated heterocycles. The van der Waals surface area contributed by atoms with Crippen LogP contribution in [0.5, 0.6) is 0 Å². The number of aryl methyl sites for hydroxylation is 4. The Kier molecular flexibility index (Phi) is 5.84. The second-order valence-electron chi connectivity index (χ2n) is 9.19.